The smallest absolute Gasteiger partial charge is 0.0446 e. The van der Waals surface area contributed by atoms with Crippen LogP contribution in [0.3, 0.4) is 0 Å². The maximum Gasteiger partial charge on any atom is 0.0446 e. The minimum atomic E-state index is 0.227. The zero-order valence-electron chi connectivity index (χ0n) is 7.29. The van der Waals surface area contributed by atoms with Gasteiger partial charge < -0.3 is 20.8 Å². The zero-order valence-corrected chi connectivity index (χ0v) is 7.29. The second-order valence-electron chi connectivity index (χ2n) is 3.24. The first-order valence-electron chi connectivity index (χ1n) is 4.55. The Labute approximate surface area is 73.0 Å². The molecule has 0 aromatic heterocycles. The molecule has 1 rings (SSSR count). The van der Waals surface area contributed by atoms with E-state index in [2.05, 4.69) is 10.6 Å². The molecular formula is C8H18N2O2. The molecular weight excluding hydrogens is 156 g/mol. The van der Waals surface area contributed by atoms with E-state index >= 15 is 0 Å². The van der Waals surface area contributed by atoms with Crippen molar-refractivity contribution < 1.29 is 10.2 Å². The van der Waals surface area contributed by atoms with E-state index in [-0.39, 0.29) is 13.2 Å². The van der Waals surface area contributed by atoms with Gasteiger partial charge in [0.1, 0.15) is 0 Å². The van der Waals surface area contributed by atoms with Crippen molar-refractivity contribution >= 4 is 0 Å². The van der Waals surface area contributed by atoms with E-state index in [1.54, 1.807) is 0 Å². The molecule has 4 nitrogen and oxygen atoms in total. The standard InChI is InChI=1S/C8H18N2O2/c11-3-1-7-5-9-6-8(10-7)2-4-12/h7-12H,1-6H2/t7-,8-/m0/s1. The summed E-state index contributed by atoms with van der Waals surface area (Å²) in [5, 5.41) is 24.1. The van der Waals surface area contributed by atoms with Gasteiger partial charge in [-0.2, -0.15) is 0 Å². The molecule has 0 radical (unpaired) electrons. The van der Waals surface area contributed by atoms with Gasteiger partial charge in [0.15, 0.2) is 0 Å². The van der Waals surface area contributed by atoms with E-state index in [4.69, 9.17) is 10.2 Å². The average Bonchev–Trinajstić information content (AvgIpc) is 2.06. The van der Waals surface area contributed by atoms with Crippen molar-refractivity contribution in [1.29, 1.82) is 0 Å². The molecule has 1 heterocycles. The van der Waals surface area contributed by atoms with Crippen molar-refractivity contribution in [2.24, 2.45) is 0 Å². The van der Waals surface area contributed by atoms with E-state index in [9.17, 15) is 0 Å². The van der Waals surface area contributed by atoms with Gasteiger partial charge in [0.05, 0.1) is 0 Å². The van der Waals surface area contributed by atoms with Gasteiger partial charge >= 0.3 is 0 Å². The summed E-state index contributed by atoms with van der Waals surface area (Å²) >= 11 is 0. The van der Waals surface area contributed by atoms with Crippen LogP contribution >= 0.6 is 0 Å². The van der Waals surface area contributed by atoms with Crippen molar-refractivity contribution in [3.63, 3.8) is 0 Å². The summed E-state index contributed by atoms with van der Waals surface area (Å²) < 4.78 is 0. The lowest BCUT2D eigenvalue weighted by atomic mass is 10.1. The lowest BCUT2D eigenvalue weighted by molar-refractivity contribution is 0.213. The number of hydrogen-bond donors (Lipinski definition) is 4. The van der Waals surface area contributed by atoms with Crippen molar-refractivity contribution in [2.75, 3.05) is 26.3 Å². The van der Waals surface area contributed by atoms with Crippen LogP contribution in [0.5, 0.6) is 0 Å². The fraction of sp³-hybridized carbons (Fsp3) is 1.00. The molecule has 0 amide bonds. The summed E-state index contributed by atoms with van der Waals surface area (Å²) in [4.78, 5) is 0. The molecule has 1 fully saturated rings. The number of aliphatic hydroxyl groups is 2. The van der Waals surface area contributed by atoms with Crippen molar-refractivity contribution in [2.45, 2.75) is 24.9 Å². The van der Waals surface area contributed by atoms with Crippen LogP contribution in [0.4, 0.5) is 0 Å². The van der Waals surface area contributed by atoms with Crippen LogP contribution < -0.4 is 10.6 Å². The number of nitrogens with one attached hydrogen (secondary N) is 2. The Morgan fingerprint density at radius 3 is 1.92 bits per heavy atom. The zero-order chi connectivity index (χ0) is 8.81. The van der Waals surface area contributed by atoms with Crippen molar-refractivity contribution in [1.82, 2.24) is 10.6 Å². The Hall–Kier alpha value is -0.160. The Bertz CT molecular complexity index is 106. The van der Waals surface area contributed by atoms with Crippen LogP contribution in [0, 0.1) is 0 Å². The Balaban J connectivity index is 2.20. The minimum absolute atomic E-state index is 0.227. The molecule has 0 aliphatic carbocycles. The summed E-state index contributed by atoms with van der Waals surface area (Å²) in [6, 6.07) is 0.723. The highest BCUT2D eigenvalue weighted by atomic mass is 16.3. The van der Waals surface area contributed by atoms with Crippen LogP contribution in [0.15, 0.2) is 0 Å². The SMILES string of the molecule is OCC[C@H]1CNC[C@H](CCO)N1. The van der Waals surface area contributed by atoms with Crippen LogP contribution in [-0.4, -0.2) is 48.6 Å². The fourth-order valence-corrected chi connectivity index (χ4v) is 1.57. The molecule has 4 N–H and O–H groups in total. The highest BCUT2D eigenvalue weighted by Crippen LogP contribution is 2.00. The predicted molar refractivity (Wildman–Crippen MR) is 47.0 cm³/mol. The maximum atomic E-state index is 8.72. The summed E-state index contributed by atoms with van der Waals surface area (Å²) in [6.07, 6.45) is 1.57. The first-order valence-corrected chi connectivity index (χ1v) is 4.55. The number of rotatable bonds is 4. The quantitative estimate of drug-likeness (QED) is 0.427. The van der Waals surface area contributed by atoms with Gasteiger partial charge in [-0.25, -0.2) is 0 Å². The normalized spacial score (nSPS) is 30.5. The molecule has 0 unspecified atom stereocenters. The lowest BCUT2D eigenvalue weighted by Gasteiger charge is -2.31. The molecule has 2 atom stereocenters. The van der Waals surface area contributed by atoms with Gasteiger partial charge in [-0.05, 0) is 12.8 Å². The molecule has 0 aromatic rings. The molecule has 4 heteroatoms. The fourth-order valence-electron chi connectivity index (χ4n) is 1.57. The summed E-state index contributed by atoms with van der Waals surface area (Å²) in [6.45, 7) is 2.29. The van der Waals surface area contributed by atoms with Gasteiger partial charge in [-0.1, -0.05) is 0 Å². The van der Waals surface area contributed by atoms with E-state index in [1.165, 1.54) is 0 Å². The second-order valence-corrected chi connectivity index (χ2v) is 3.24. The first-order chi connectivity index (χ1) is 5.86. The van der Waals surface area contributed by atoms with Crippen LogP contribution in [0.1, 0.15) is 12.8 Å². The number of aliphatic hydroxyl groups excluding tert-OH is 2. The van der Waals surface area contributed by atoms with E-state index in [0.717, 1.165) is 25.9 Å². The monoisotopic (exact) mass is 174 g/mol. The average molecular weight is 174 g/mol. The highest BCUT2D eigenvalue weighted by molar-refractivity contribution is 4.82. The van der Waals surface area contributed by atoms with E-state index in [1.807, 2.05) is 0 Å². The Morgan fingerprint density at radius 2 is 1.50 bits per heavy atom. The van der Waals surface area contributed by atoms with Gasteiger partial charge in [0.2, 0.25) is 0 Å². The summed E-state index contributed by atoms with van der Waals surface area (Å²) in [5.41, 5.74) is 0. The molecule has 0 bridgehead atoms. The summed E-state index contributed by atoms with van der Waals surface area (Å²) in [5.74, 6) is 0. The topological polar surface area (TPSA) is 64.5 Å². The Kier molecular flexibility index (Phi) is 4.53. The van der Waals surface area contributed by atoms with Crippen LogP contribution in [-0.2, 0) is 0 Å². The number of piperazine rings is 1. The molecule has 0 spiro atoms. The lowest BCUT2D eigenvalue weighted by Crippen LogP contribution is -2.55. The largest absolute Gasteiger partial charge is 0.396 e. The third-order valence-corrected chi connectivity index (χ3v) is 2.21. The van der Waals surface area contributed by atoms with E-state index < -0.39 is 0 Å². The van der Waals surface area contributed by atoms with Gasteiger partial charge in [-0.3, -0.25) is 0 Å². The minimum Gasteiger partial charge on any atom is -0.396 e. The highest BCUT2D eigenvalue weighted by Gasteiger charge is 2.18. The van der Waals surface area contributed by atoms with E-state index in [0.29, 0.717) is 12.1 Å². The molecule has 72 valence electrons. The van der Waals surface area contributed by atoms with Gasteiger partial charge in [0.25, 0.3) is 0 Å². The molecule has 0 aromatic carbocycles. The number of hydrogen-bond acceptors (Lipinski definition) is 4. The molecule has 12 heavy (non-hydrogen) atoms. The first kappa shape index (κ1) is 9.92. The third kappa shape index (κ3) is 3.06. The van der Waals surface area contributed by atoms with Crippen molar-refractivity contribution in [3.8, 4) is 0 Å². The molecule has 0 saturated carbocycles. The molecule has 1 aliphatic rings. The molecule has 1 aliphatic heterocycles. The van der Waals surface area contributed by atoms with Crippen molar-refractivity contribution in [3.05, 3.63) is 0 Å². The summed E-state index contributed by atoms with van der Waals surface area (Å²) in [7, 11) is 0. The predicted octanol–water partition coefficient (Wildman–Crippen LogP) is -1.32. The van der Waals surface area contributed by atoms with Gasteiger partial charge in [0, 0.05) is 38.4 Å². The second kappa shape index (κ2) is 5.48. The third-order valence-electron chi connectivity index (χ3n) is 2.21. The van der Waals surface area contributed by atoms with Gasteiger partial charge in [-0.15, -0.1) is 0 Å². The maximum absolute atomic E-state index is 8.72. The van der Waals surface area contributed by atoms with Crippen LogP contribution in [0.25, 0.3) is 0 Å². The van der Waals surface area contributed by atoms with Crippen LogP contribution in [0.2, 0.25) is 0 Å². The molecule has 1 saturated heterocycles. The Morgan fingerprint density at radius 1 is 1.00 bits per heavy atom.